The van der Waals surface area contributed by atoms with E-state index in [1.54, 1.807) is 6.07 Å². The van der Waals surface area contributed by atoms with Crippen molar-refractivity contribution in [1.82, 2.24) is 5.16 Å². The van der Waals surface area contributed by atoms with Crippen molar-refractivity contribution in [2.75, 3.05) is 11.9 Å². The first kappa shape index (κ1) is 12.9. The summed E-state index contributed by atoms with van der Waals surface area (Å²) in [6.45, 7) is 2.64. The molecule has 1 saturated heterocycles. The third kappa shape index (κ3) is 2.58. The predicted octanol–water partition coefficient (Wildman–Crippen LogP) is 2.71. The fourth-order valence-corrected chi connectivity index (χ4v) is 2.30. The Labute approximate surface area is 116 Å². The molecule has 1 aliphatic rings. The number of rotatable bonds is 3. The van der Waals surface area contributed by atoms with Crippen molar-refractivity contribution < 1.29 is 14.1 Å². The summed E-state index contributed by atoms with van der Waals surface area (Å²) in [4.78, 5) is 12.1. The lowest BCUT2D eigenvalue weighted by atomic mass is 10.0. The highest BCUT2D eigenvalue weighted by Crippen LogP contribution is 2.24. The fourth-order valence-electron chi connectivity index (χ4n) is 2.30. The molecule has 1 aromatic carbocycles. The second-order valence-electron chi connectivity index (χ2n) is 4.99. The van der Waals surface area contributed by atoms with Crippen LogP contribution in [0.1, 0.15) is 13.3 Å². The van der Waals surface area contributed by atoms with Gasteiger partial charge in [0.25, 0.3) is 5.91 Å². The van der Waals surface area contributed by atoms with E-state index < -0.39 is 6.10 Å². The van der Waals surface area contributed by atoms with Gasteiger partial charge in [-0.15, -0.1) is 0 Å². The molecule has 1 aliphatic heterocycles. The maximum absolute atomic E-state index is 12.1. The molecule has 1 fully saturated rings. The van der Waals surface area contributed by atoms with Crippen LogP contribution in [0.15, 0.2) is 40.9 Å². The number of hydrogen-bond acceptors (Lipinski definition) is 4. The summed E-state index contributed by atoms with van der Waals surface area (Å²) in [5.41, 5.74) is 0.922. The van der Waals surface area contributed by atoms with Crippen molar-refractivity contribution in [1.29, 1.82) is 0 Å². The van der Waals surface area contributed by atoms with E-state index in [1.165, 1.54) is 0 Å². The largest absolute Gasteiger partial charge is 0.368 e. The fraction of sp³-hybridized carbons (Fsp3) is 0.333. The zero-order valence-corrected chi connectivity index (χ0v) is 11.2. The van der Waals surface area contributed by atoms with Crippen LogP contribution in [0.3, 0.4) is 0 Å². The molecule has 2 heterocycles. The summed E-state index contributed by atoms with van der Waals surface area (Å²) in [5.74, 6) is 1.11. The normalized spacial score (nSPS) is 21.9. The number of hydrogen-bond donors (Lipinski definition) is 1. The van der Waals surface area contributed by atoms with E-state index in [0.717, 1.165) is 12.0 Å². The molecule has 1 aromatic heterocycles. The van der Waals surface area contributed by atoms with Gasteiger partial charge >= 0.3 is 0 Å². The van der Waals surface area contributed by atoms with E-state index in [2.05, 4.69) is 10.5 Å². The second-order valence-corrected chi connectivity index (χ2v) is 4.99. The summed E-state index contributed by atoms with van der Waals surface area (Å²) in [7, 11) is 0. The lowest BCUT2D eigenvalue weighted by Crippen LogP contribution is -2.31. The minimum absolute atomic E-state index is 0.164. The Bertz CT molecular complexity index is 594. The maximum Gasteiger partial charge on any atom is 0.255 e. The quantitative estimate of drug-likeness (QED) is 0.933. The minimum Gasteiger partial charge on any atom is -0.368 e. The number of carbonyl (C=O) groups is 1. The van der Waals surface area contributed by atoms with Crippen LogP contribution < -0.4 is 5.32 Å². The highest BCUT2D eigenvalue weighted by molar-refractivity contribution is 5.94. The van der Waals surface area contributed by atoms with Crippen LogP contribution in [0.4, 0.5) is 5.82 Å². The van der Waals surface area contributed by atoms with Crippen LogP contribution in [-0.4, -0.2) is 23.8 Å². The van der Waals surface area contributed by atoms with Gasteiger partial charge in [0.05, 0.1) is 0 Å². The standard InChI is InChI=1S/C15H16N2O3/c1-10-7-8-19-14(10)15(18)16-13-9-12(20-17-13)11-5-3-2-4-6-11/h2-6,9-10,14H,7-8H2,1H3,(H,16,17,18)/t10-,14+/m1/s1. The van der Waals surface area contributed by atoms with Crippen molar-refractivity contribution in [3.8, 4) is 11.3 Å². The molecule has 20 heavy (non-hydrogen) atoms. The van der Waals surface area contributed by atoms with Gasteiger partial charge in [-0.1, -0.05) is 42.4 Å². The molecule has 0 bridgehead atoms. The maximum atomic E-state index is 12.1. The van der Waals surface area contributed by atoms with Gasteiger partial charge < -0.3 is 14.6 Å². The summed E-state index contributed by atoms with van der Waals surface area (Å²) < 4.78 is 10.7. The molecule has 0 spiro atoms. The Hall–Kier alpha value is -2.14. The summed E-state index contributed by atoms with van der Waals surface area (Å²) in [6.07, 6.45) is 0.512. The highest BCUT2D eigenvalue weighted by Gasteiger charge is 2.31. The molecule has 0 radical (unpaired) electrons. The number of carbonyl (C=O) groups excluding carboxylic acids is 1. The number of aromatic nitrogens is 1. The first-order chi connectivity index (χ1) is 9.74. The Morgan fingerprint density at radius 3 is 2.85 bits per heavy atom. The van der Waals surface area contributed by atoms with E-state index in [4.69, 9.17) is 9.26 Å². The topological polar surface area (TPSA) is 64.4 Å². The van der Waals surface area contributed by atoms with Crippen LogP contribution in [-0.2, 0) is 9.53 Å². The number of nitrogens with zero attached hydrogens (tertiary/aromatic N) is 1. The molecule has 1 N–H and O–H groups in total. The van der Waals surface area contributed by atoms with Crippen LogP contribution in [0.25, 0.3) is 11.3 Å². The number of nitrogens with one attached hydrogen (secondary N) is 1. The minimum atomic E-state index is -0.396. The lowest BCUT2D eigenvalue weighted by Gasteiger charge is -2.12. The third-order valence-electron chi connectivity index (χ3n) is 3.47. The first-order valence-corrected chi connectivity index (χ1v) is 6.68. The molecule has 104 valence electrons. The van der Waals surface area contributed by atoms with E-state index in [9.17, 15) is 4.79 Å². The third-order valence-corrected chi connectivity index (χ3v) is 3.47. The van der Waals surface area contributed by atoms with Gasteiger partial charge in [-0.25, -0.2) is 0 Å². The predicted molar refractivity (Wildman–Crippen MR) is 74.1 cm³/mol. The Morgan fingerprint density at radius 1 is 1.35 bits per heavy atom. The average Bonchev–Trinajstić information content (AvgIpc) is 3.09. The molecule has 2 aromatic rings. The Balaban J connectivity index is 1.70. The smallest absolute Gasteiger partial charge is 0.255 e. The number of anilines is 1. The number of ether oxygens (including phenoxy) is 1. The monoisotopic (exact) mass is 272 g/mol. The number of amides is 1. The second kappa shape index (κ2) is 5.46. The van der Waals surface area contributed by atoms with Gasteiger partial charge in [0.2, 0.25) is 0 Å². The van der Waals surface area contributed by atoms with Crippen molar-refractivity contribution in [2.24, 2.45) is 5.92 Å². The molecule has 1 amide bonds. The van der Waals surface area contributed by atoms with Crippen molar-refractivity contribution in [3.63, 3.8) is 0 Å². The van der Waals surface area contributed by atoms with Crippen LogP contribution in [0, 0.1) is 5.92 Å². The molecule has 0 saturated carbocycles. The van der Waals surface area contributed by atoms with E-state index in [-0.39, 0.29) is 11.8 Å². The average molecular weight is 272 g/mol. The van der Waals surface area contributed by atoms with E-state index in [1.807, 2.05) is 37.3 Å². The zero-order valence-electron chi connectivity index (χ0n) is 11.2. The van der Waals surface area contributed by atoms with Crippen molar-refractivity contribution in [3.05, 3.63) is 36.4 Å². The van der Waals surface area contributed by atoms with Gasteiger partial charge in [-0.2, -0.15) is 0 Å². The molecule has 5 heteroatoms. The molecular weight excluding hydrogens is 256 g/mol. The Morgan fingerprint density at radius 2 is 2.15 bits per heavy atom. The van der Waals surface area contributed by atoms with Gasteiger partial charge in [0.15, 0.2) is 11.6 Å². The van der Waals surface area contributed by atoms with Crippen LogP contribution >= 0.6 is 0 Å². The van der Waals surface area contributed by atoms with Crippen molar-refractivity contribution in [2.45, 2.75) is 19.4 Å². The summed E-state index contributed by atoms with van der Waals surface area (Å²) >= 11 is 0. The zero-order chi connectivity index (χ0) is 13.9. The SMILES string of the molecule is C[C@@H]1CCO[C@@H]1C(=O)Nc1cc(-c2ccccc2)on1. The molecule has 0 aliphatic carbocycles. The highest BCUT2D eigenvalue weighted by atomic mass is 16.5. The molecule has 0 unspecified atom stereocenters. The summed E-state index contributed by atoms with van der Waals surface area (Å²) in [6, 6.07) is 11.3. The van der Waals surface area contributed by atoms with E-state index in [0.29, 0.717) is 18.2 Å². The molecular formula is C15H16N2O3. The first-order valence-electron chi connectivity index (χ1n) is 6.68. The summed E-state index contributed by atoms with van der Waals surface area (Å²) in [5, 5.41) is 6.60. The van der Waals surface area contributed by atoms with Crippen LogP contribution in [0.5, 0.6) is 0 Å². The number of benzene rings is 1. The van der Waals surface area contributed by atoms with Gasteiger partial charge in [-0.05, 0) is 12.3 Å². The van der Waals surface area contributed by atoms with E-state index >= 15 is 0 Å². The van der Waals surface area contributed by atoms with Gasteiger partial charge in [0, 0.05) is 18.2 Å². The van der Waals surface area contributed by atoms with Crippen LogP contribution in [0.2, 0.25) is 0 Å². The van der Waals surface area contributed by atoms with Gasteiger partial charge in [-0.3, -0.25) is 4.79 Å². The Kier molecular flexibility index (Phi) is 3.52. The molecule has 5 nitrogen and oxygen atoms in total. The van der Waals surface area contributed by atoms with Gasteiger partial charge in [0.1, 0.15) is 6.10 Å². The molecule has 3 rings (SSSR count). The van der Waals surface area contributed by atoms with Crippen molar-refractivity contribution >= 4 is 11.7 Å². The lowest BCUT2D eigenvalue weighted by molar-refractivity contribution is -0.126. The molecule has 2 atom stereocenters.